The van der Waals surface area contributed by atoms with Gasteiger partial charge in [-0.05, 0) is 31.2 Å². The van der Waals surface area contributed by atoms with E-state index in [-0.39, 0.29) is 17.5 Å². The van der Waals surface area contributed by atoms with Gasteiger partial charge in [-0.3, -0.25) is 14.5 Å². The molecule has 0 radical (unpaired) electrons. The highest BCUT2D eigenvalue weighted by molar-refractivity contribution is 5.89. The van der Waals surface area contributed by atoms with Crippen molar-refractivity contribution < 1.29 is 23.5 Å². The Hall–Kier alpha value is -3.69. The molecule has 1 atom stereocenters. The van der Waals surface area contributed by atoms with Crippen molar-refractivity contribution in [2.45, 2.75) is 19.4 Å². The van der Waals surface area contributed by atoms with Gasteiger partial charge in [0.2, 0.25) is 5.95 Å². The number of pyridine rings is 2. The molecule has 9 nitrogen and oxygen atoms in total. The van der Waals surface area contributed by atoms with Gasteiger partial charge in [0.05, 0.1) is 30.5 Å². The molecule has 0 fully saturated rings. The summed E-state index contributed by atoms with van der Waals surface area (Å²) >= 11 is 0. The Balaban J connectivity index is 1.77. The van der Waals surface area contributed by atoms with Crippen molar-refractivity contribution in [3.05, 3.63) is 59.4 Å². The first-order chi connectivity index (χ1) is 13.9. The van der Waals surface area contributed by atoms with Gasteiger partial charge in [0.15, 0.2) is 0 Å². The number of aryl methyl sites for hydroxylation is 1. The third kappa shape index (κ3) is 4.42. The summed E-state index contributed by atoms with van der Waals surface area (Å²) in [6, 6.07) is 6.19. The third-order valence-electron chi connectivity index (χ3n) is 4.22. The quantitative estimate of drug-likeness (QED) is 0.458. The summed E-state index contributed by atoms with van der Waals surface area (Å²) in [6.45, 7) is 1.56. The smallest absolute Gasteiger partial charge is 0.339 e. The molecule has 3 heterocycles. The molecule has 0 aromatic carbocycles. The molecule has 0 aliphatic carbocycles. The zero-order chi connectivity index (χ0) is 21.0. The molecule has 3 rings (SSSR count). The number of esters is 2. The molecule has 0 saturated heterocycles. The second kappa shape index (κ2) is 8.55. The molecule has 10 heteroatoms. The van der Waals surface area contributed by atoms with Crippen LogP contribution in [0.5, 0.6) is 0 Å². The van der Waals surface area contributed by atoms with Gasteiger partial charge in [-0.2, -0.15) is 4.39 Å². The number of methoxy groups -OCH3 is 1. The van der Waals surface area contributed by atoms with Crippen LogP contribution in [0.25, 0.3) is 11.4 Å². The molecule has 0 N–H and O–H groups in total. The molecule has 0 saturated carbocycles. The van der Waals surface area contributed by atoms with E-state index in [1.807, 2.05) is 0 Å². The van der Waals surface area contributed by atoms with Crippen LogP contribution in [0.15, 0.2) is 36.7 Å². The lowest BCUT2D eigenvalue weighted by Crippen LogP contribution is -2.15. The molecular formula is C19H18FN5O4. The topological polar surface area (TPSA) is 109 Å². The van der Waals surface area contributed by atoms with Gasteiger partial charge in [0.25, 0.3) is 0 Å². The van der Waals surface area contributed by atoms with E-state index in [0.29, 0.717) is 17.1 Å². The van der Waals surface area contributed by atoms with Crippen molar-refractivity contribution in [3.8, 4) is 11.4 Å². The van der Waals surface area contributed by atoms with Crippen molar-refractivity contribution in [1.82, 2.24) is 25.0 Å². The normalized spacial score (nSPS) is 11.7. The fourth-order valence-corrected chi connectivity index (χ4v) is 2.69. The van der Waals surface area contributed by atoms with Crippen LogP contribution in [0, 0.1) is 5.95 Å². The fraction of sp³-hybridized carbons (Fsp3) is 0.263. The van der Waals surface area contributed by atoms with Gasteiger partial charge >= 0.3 is 11.9 Å². The van der Waals surface area contributed by atoms with Crippen molar-refractivity contribution >= 4 is 11.9 Å². The predicted molar refractivity (Wildman–Crippen MR) is 98.0 cm³/mol. The fourth-order valence-electron chi connectivity index (χ4n) is 2.69. The van der Waals surface area contributed by atoms with Crippen molar-refractivity contribution in [2.24, 2.45) is 7.05 Å². The van der Waals surface area contributed by atoms with E-state index in [1.165, 1.54) is 36.3 Å². The molecule has 150 valence electrons. The lowest BCUT2D eigenvalue weighted by Gasteiger charge is -2.14. The van der Waals surface area contributed by atoms with E-state index >= 15 is 0 Å². The van der Waals surface area contributed by atoms with E-state index in [1.54, 1.807) is 26.1 Å². The summed E-state index contributed by atoms with van der Waals surface area (Å²) in [5.41, 5.74) is 1.74. The first kappa shape index (κ1) is 20.1. The summed E-state index contributed by atoms with van der Waals surface area (Å²) in [5, 5.41) is 7.97. The van der Waals surface area contributed by atoms with Gasteiger partial charge in [-0.1, -0.05) is 5.21 Å². The van der Waals surface area contributed by atoms with E-state index in [0.717, 1.165) is 0 Å². The van der Waals surface area contributed by atoms with E-state index in [2.05, 4.69) is 25.0 Å². The van der Waals surface area contributed by atoms with Crippen molar-refractivity contribution in [1.29, 1.82) is 0 Å². The maximum Gasteiger partial charge on any atom is 0.339 e. The second-order valence-corrected chi connectivity index (χ2v) is 6.12. The Morgan fingerprint density at radius 2 is 2.03 bits per heavy atom. The Labute approximate surface area is 165 Å². The van der Waals surface area contributed by atoms with Crippen molar-refractivity contribution in [2.75, 3.05) is 7.11 Å². The van der Waals surface area contributed by atoms with Gasteiger partial charge < -0.3 is 9.47 Å². The van der Waals surface area contributed by atoms with Gasteiger partial charge in [-0.25, -0.2) is 9.78 Å². The summed E-state index contributed by atoms with van der Waals surface area (Å²) in [7, 11) is 2.91. The minimum absolute atomic E-state index is 0.147. The second-order valence-electron chi connectivity index (χ2n) is 6.12. The lowest BCUT2D eigenvalue weighted by molar-refractivity contribution is -0.148. The highest BCUT2D eigenvalue weighted by atomic mass is 19.1. The van der Waals surface area contributed by atoms with Gasteiger partial charge in [0, 0.05) is 25.0 Å². The monoisotopic (exact) mass is 399 g/mol. The number of nitrogens with zero attached hydrogens (tertiary/aromatic N) is 5. The Morgan fingerprint density at radius 3 is 2.69 bits per heavy atom. The van der Waals surface area contributed by atoms with Crippen molar-refractivity contribution in [3.63, 3.8) is 0 Å². The van der Waals surface area contributed by atoms with Crippen LogP contribution in [0.1, 0.15) is 34.6 Å². The standard InChI is InChI=1S/C19H18FN5O4/c1-11(13-5-4-8-21-18(13)20)29-16(26)9-15-17(23-24-25(15)2)14-7-6-12(10-22-14)19(27)28-3/h4-8,10-11H,9H2,1-3H3/t11-/m1/s1. The molecule has 0 aliphatic rings. The number of halogens is 1. The SMILES string of the molecule is COC(=O)c1ccc(-c2nnn(C)c2CC(=O)O[C@H](C)c2cccnc2F)nc1. The maximum absolute atomic E-state index is 13.8. The van der Waals surface area contributed by atoms with Gasteiger partial charge in [0.1, 0.15) is 11.8 Å². The summed E-state index contributed by atoms with van der Waals surface area (Å²) in [6.07, 6.45) is 1.72. The van der Waals surface area contributed by atoms with Crippen LogP contribution < -0.4 is 0 Å². The Bertz CT molecular complexity index is 1040. The maximum atomic E-state index is 13.8. The molecule has 3 aromatic rings. The number of rotatable bonds is 6. The van der Waals surface area contributed by atoms with Crippen LogP contribution in [0.3, 0.4) is 0 Å². The molecule has 0 spiro atoms. The number of ether oxygens (including phenoxy) is 2. The van der Waals surface area contributed by atoms with Crippen LogP contribution in [0.4, 0.5) is 4.39 Å². The number of carbonyl (C=O) groups excluding carboxylic acids is 2. The zero-order valence-corrected chi connectivity index (χ0v) is 16.0. The first-order valence-electron chi connectivity index (χ1n) is 8.64. The number of carbonyl (C=O) groups is 2. The first-order valence-corrected chi connectivity index (χ1v) is 8.64. The van der Waals surface area contributed by atoms with E-state index in [4.69, 9.17) is 4.74 Å². The van der Waals surface area contributed by atoms with Crippen LogP contribution >= 0.6 is 0 Å². The minimum atomic E-state index is -0.807. The van der Waals surface area contributed by atoms with Crippen LogP contribution in [-0.4, -0.2) is 44.0 Å². The Kier molecular flexibility index (Phi) is 5.91. The minimum Gasteiger partial charge on any atom is -0.465 e. The van der Waals surface area contributed by atoms with Gasteiger partial charge in [-0.15, -0.1) is 5.10 Å². The lowest BCUT2D eigenvalue weighted by atomic mass is 10.1. The largest absolute Gasteiger partial charge is 0.465 e. The highest BCUT2D eigenvalue weighted by Gasteiger charge is 2.21. The molecule has 3 aromatic heterocycles. The molecule has 0 unspecified atom stereocenters. The molecule has 0 amide bonds. The zero-order valence-electron chi connectivity index (χ0n) is 16.0. The summed E-state index contributed by atoms with van der Waals surface area (Å²) < 4.78 is 25.2. The van der Waals surface area contributed by atoms with Crippen LogP contribution in [-0.2, 0) is 27.7 Å². The summed E-state index contributed by atoms with van der Waals surface area (Å²) in [5.74, 6) is -1.78. The highest BCUT2D eigenvalue weighted by Crippen LogP contribution is 2.22. The number of hydrogen-bond donors (Lipinski definition) is 0. The average Bonchev–Trinajstić information content (AvgIpc) is 3.07. The van der Waals surface area contributed by atoms with E-state index < -0.39 is 24.0 Å². The number of aromatic nitrogens is 5. The molecule has 29 heavy (non-hydrogen) atoms. The molecule has 0 bridgehead atoms. The average molecular weight is 399 g/mol. The molecular weight excluding hydrogens is 381 g/mol. The molecule has 0 aliphatic heterocycles. The van der Waals surface area contributed by atoms with E-state index in [9.17, 15) is 14.0 Å². The summed E-state index contributed by atoms with van der Waals surface area (Å²) in [4.78, 5) is 31.7. The Morgan fingerprint density at radius 1 is 1.24 bits per heavy atom. The van der Waals surface area contributed by atoms with Crippen LogP contribution in [0.2, 0.25) is 0 Å². The third-order valence-corrected chi connectivity index (χ3v) is 4.22. The number of hydrogen-bond acceptors (Lipinski definition) is 8. The predicted octanol–water partition coefficient (Wildman–Crippen LogP) is 2.04.